The minimum Gasteiger partial charge on any atom is -0.397 e. The van der Waals surface area contributed by atoms with E-state index in [9.17, 15) is 9.59 Å². The molecular weight excluding hydrogens is 196 g/mol. The van der Waals surface area contributed by atoms with Crippen LogP contribution in [0.1, 0.15) is 10.4 Å². The monoisotopic (exact) mass is 208 g/mol. The molecule has 1 rings (SSSR count). The van der Waals surface area contributed by atoms with Crippen LogP contribution in [0.25, 0.3) is 0 Å². The molecule has 0 saturated heterocycles. The number of nitrogens with one attached hydrogen (secondary N) is 1. The predicted molar refractivity (Wildman–Crippen MR) is 57.1 cm³/mol. The standard InChI is InChI=1S/C9H12N4O2/c10-6-3-1-2-5(9(12)15)8(6)13-4-7(11)14/h1-3,13H,4,10H2,(H2,11,14)(H2,12,15). The number of hydrogen-bond acceptors (Lipinski definition) is 4. The quantitative estimate of drug-likeness (QED) is 0.486. The normalized spacial score (nSPS) is 9.60. The fourth-order valence-corrected chi connectivity index (χ4v) is 1.15. The molecular formula is C9H12N4O2. The van der Waals surface area contributed by atoms with Gasteiger partial charge in [0.05, 0.1) is 23.5 Å². The summed E-state index contributed by atoms with van der Waals surface area (Å²) in [5.41, 5.74) is 16.6. The highest BCUT2D eigenvalue weighted by Gasteiger charge is 2.10. The van der Waals surface area contributed by atoms with Crippen molar-refractivity contribution in [3.8, 4) is 0 Å². The Balaban J connectivity index is 3.02. The second kappa shape index (κ2) is 4.32. The summed E-state index contributed by atoms with van der Waals surface area (Å²) in [5, 5.41) is 2.66. The van der Waals surface area contributed by atoms with Gasteiger partial charge in [-0.15, -0.1) is 0 Å². The summed E-state index contributed by atoms with van der Waals surface area (Å²) in [4.78, 5) is 21.6. The first-order chi connectivity index (χ1) is 7.02. The van der Waals surface area contributed by atoms with Crippen LogP contribution in [0.15, 0.2) is 18.2 Å². The average molecular weight is 208 g/mol. The molecule has 0 aliphatic heterocycles. The maximum absolute atomic E-state index is 11.0. The van der Waals surface area contributed by atoms with Crippen LogP contribution in [-0.2, 0) is 4.79 Å². The number of benzene rings is 1. The van der Waals surface area contributed by atoms with E-state index in [-0.39, 0.29) is 12.1 Å². The van der Waals surface area contributed by atoms with Crippen molar-refractivity contribution in [3.05, 3.63) is 23.8 Å². The van der Waals surface area contributed by atoms with Gasteiger partial charge in [-0.3, -0.25) is 9.59 Å². The number of anilines is 2. The van der Waals surface area contributed by atoms with Crippen molar-refractivity contribution in [2.45, 2.75) is 0 Å². The highest BCUT2D eigenvalue weighted by Crippen LogP contribution is 2.22. The SMILES string of the molecule is NC(=O)CNc1c(N)cccc1C(N)=O. The topological polar surface area (TPSA) is 124 Å². The third kappa shape index (κ3) is 2.60. The van der Waals surface area contributed by atoms with Crippen molar-refractivity contribution in [3.63, 3.8) is 0 Å². The van der Waals surface area contributed by atoms with E-state index in [0.29, 0.717) is 11.4 Å². The van der Waals surface area contributed by atoms with E-state index in [1.165, 1.54) is 6.07 Å². The van der Waals surface area contributed by atoms with E-state index >= 15 is 0 Å². The van der Waals surface area contributed by atoms with Crippen LogP contribution in [-0.4, -0.2) is 18.4 Å². The summed E-state index contributed by atoms with van der Waals surface area (Å²) in [6.07, 6.45) is 0. The van der Waals surface area contributed by atoms with Crippen LogP contribution >= 0.6 is 0 Å². The van der Waals surface area contributed by atoms with Crippen molar-refractivity contribution in [1.29, 1.82) is 0 Å². The molecule has 80 valence electrons. The van der Waals surface area contributed by atoms with Crippen LogP contribution in [0.3, 0.4) is 0 Å². The van der Waals surface area contributed by atoms with Crippen molar-refractivity contribution in [2.24, 2.45) is 11.5 Å². The Hall–Kier alpha value is -2.24. The van der Waals surface area contributed by atoms with Gasteiger partial charge >= 0.3 is 0 Å². The Bertz CT molecular complexity index is 403. The Morgan fingerprint density at radius 3 is 2.47 bits per heavy atom. The average Bonchev–Trinajstić information content (AvgIpc) is 2.15. The fraction of sp³-hybridized carbons (Fsp3) is 0.111. The molecule has 0 unspecified atom stereocenters. The molecule has 0 heterocycles. The van der Waals surface area contributed by atoms with Gasteiger partial charge in [0.1, 0.15) is 0 Å². The van der Waals surface area contributed by atoms with Gasteiger partial charge in [-0.05, 0) is 12.1 Å². The summed E-state index contributed by atoms with van der Waals surface area (Å²) in [7, 11) is 0. The number of nitrogens with two attached hydrogens (primary N) is 3. The summed E-state index contributed by atoms with van der Waals surface area (Å²) in [5.74, 6) is -1.16. The maximum Gasteiger partial charge on any atom is 0.250 e. The molecule has 1 aromatic rings. The van der Waals surface area contributed by atoms with Crippen LogP contribution < -0.4 is 22.5 Å². The largest absolute Gasteiger partial charge is 0.397 e. The fourth-order valence-electron chi connectivity index (χ4n) is 1.15. The number of primary amides is 2. The number of nitrogen functional groups attached to an aromatic ring is 1. The molecule has 0 radical (unpaired) electrons. The van der Waals surface area contributed by atoms with Crippen molar-refractivity contribution in [1.82, 2.24) is 0 Å². The number of amides is 2. The molecule has 6 nitrogen and oxygen atoms in total. The molecule has 1 aromatic carbocycles. The Labute approximate surface area is 86.4 Å². The molecule has 2 amide bonds. The third-order valence-electron chi connectivity index (χ3n) is 1.80. The zero-order valence-electron chi connectivity index (χ0n) is 7.99. The minimum atomic E-state index is -0.616. The highest BCUT2D eigenvalue weighted by molar-refractivity contribution is 6.01. The lowest BCUT2D eigenvalue weighted by Gasteiger charge is -2.10. The molecule has 0 spiro atoms. The molecule has 0 fully saturated rings. The molecule has 0 saturated carbocycles. The van der Waals surface area contributed by atoms with Gasteiger partial charge in [-0.1, -0.05) is 6.07 Å². The first-order valence-electron chi connectivity index (χ1n) is 4.23. The first kappa shape index (κ1) is 10.8. The summed E-state index contributed by atoms with van der Waals surface area (Å²) in [6.45, 7) is -0.103. The Kier molecular flexibility index (Phi) is 3.12. The van der Waals surface area contributed by atoms with Gasteiger partial charge < -0.3 is 22.5 Å². The number of carbonyl (C=O) groups is 2. The zero-order chi connectivity index (χ0) is 11.4. The van der Waals surface area contributed by atoms with Crippen molar-refractivity contribution in [2.75, 3.05) is 17.6 Å². The van der Waals surface area contributed by atoms with E-state index in [1.54, 1.807) is 12.1 Å². The van der Waals surface area contributed by atoms with Crippen LogP contribution in [0.2, 0.25) is 0 Å². The predicted octanol–water partition coefficient (Wildman–Crippen LogP) is -0.735. The van der Waals surface area contributed by atoms with Gasteiger partial charge in [0.15, 0.2) is 0 Å². The van der Waals surface area contributed by atoms with Gasteiger partial charge in [0.2, 0.25) is 5.91 Å². The molecule has 0 aliphatic rings. The van der Waals surface area contributed by atoms with E-state index < -0.39 is 11.8 Å². The molecule has 0 atom stereocenters. The number of carbonyl (C=O) groups excluding carboxylic acids is 2. The van der Waals surface area contributed by atoms with Crippen molar-refractivity contribution >= 4 is 23.2 Å². The zero-order valence-corrected chi connectivity index (χ0v) is 7.99. The number of hydrogen-bond donors (Lipinski definition) is 4. The Morgan fingerprint density at radius 2 is 1.93 bits per heavy atom. The minimum absolute atomic E-state index is 0.103. The molecule has 0 bridgehead atoms. The summed E-state index contributed by atoms with van der Waals surface area (Å²) >= 11 is 0. The van der Waals surface area contributed by atoms with Crippen LogP contribution in [0, 0.1) is 0 Å². The van der Waals surface area contributed by atoms with E-state index in [1.807, 2.05) is 0 Å². The molecule has 0 aromatic heterocycles. The summed E-state index contributed by atoms with van der Waals surface area (Å²) < 4.78 is 0. The van der Waals surface area contributed by atoms with E-state index in [2.05, 4.69) is 5.32 Å². The lowest BCUT2D eigenvalue weighted by Crippen LogP contribution is -2.24. The second-order valence-corrected chi connectivity index (χ2v) is 2.95. The number of para-hydroxylation sites is 1. The first-order valence-corrected chi connectivity index (χ1v) is 4.23. The molecule has 15 heavy (non-hydrogen) atoms. The Morgan fingerprint density at radius 1 is 1.27 bits per heavy atom. The van der Waals surface area contributed by atoms with Gasteiger partial charge in [0, 0.05) is 0 Å². The maximum atomic E-state index is 11.0. The lowest BCUT2D eigenvalue weighted by atomic mass is 10.1. The highest BCUT2D eigenvalue weighted by atomic mass is 16.1. The smallest absolute Gasteiger partial charge is 0.250 e. The summed E-state index contributed by atoms with van der Waals surface area (Å²) in [6, 6.07) is 4.71. The molecule has 0 aliphatic carbocycles. The third-order valence-corrected chi connectivity index (χ3v) is 1.80. The number of rotatable bonds is 4. The molecule has 7 N–H and O–H groups in total. The van der Waals surface area contributed by atoms with Gasteiger partial charge in [-0.2, -0.15) is 0 Å². The van der Waals surface area contributed by atoms with Crippen LogP contribution in [0.5, 0.6) is 0 Å². The lowest BCUT2D eigenvalue weighted by molar-refractivity contribution is -0.116. The van der Waals surface area contributed by atoms with E-state index in [0.717, 1.165) is 0 Å². The second-order valence-electron chi connectivity index (χ2n) is 2.95. The van der Waals surface area contributed by atoms with Gasteiger partial charge in [0.25, 0.3) is 5.91 Å². The van der Waals surface area contributed by atoms with Gasteiger partial charge in [-0.25, -0.2) is 0 Å². The van der Waals surface area contributed by atoms with Crippen molar-refractivity contribution < 1.29 is 9.59 Å². The molecule has 6 heteroatoms. The van der Waals surface area contributed by atoms with Crippen LogP contribution in [0.4, 0.5) is 11.4 Å². The van der Waals surface area contributed by atoms with E-state index in [4.69, 9.17) is 17.2 Å².